The van der Waals surface area contributed by atoms with Gasteiger partial charge in [-0.15, -0.1) is 0 Å². The smallest absolute Gasteiger partial charge is 0.302 e. The van der Waals surface area contributed by atoms with Crippen LogP contribution in [0.15, 0.2) is 0 Å². The largest absolute Gasteiger partial charge is 0.465 e. The summed E-state index contributed by atoms with van der Waals surface area (Å²) >= 11 is 0. The lowest BCUT2D eigenvalue weighted by Crippen LogP contribution is -2.30. The van der Waals surface area contributed by atoms with Crippen molar-refractivity contribution in [3.8, 4) is 12.1 Å². The molecule has 0 aromatic rings. The van der Waals surface area contributed by atoms with Gasteiger partial charge < -0.3 is 4.74 Å². The van der Waals surface area contributed by atoms with Crippen LogP contribution in [0.2, 0.25) is 0 Å². The Morgan fingerprint density at radius 2 is 1.73 bits per heavy atom. The van der Waals surface area contributed by atoms with Crippen molar-refractivity contribution in [3.05, 3.63) is 0 Å². The molecule has 0 bridgehead atoms. The molecule has 0 heterocycles. The van der Waals surface area contributed by atoms with E-state index in [1.165, 1.54) is 6.92 Å². The number of ether oxygens (including phenoxy) is 1. The zero-order valence-corrected chi connectivity index (χ0v) is 8.90. The predicted octanol–water partition coefficient (Wildman–Crippen LogP) is 0.679. The minimum absolute atomic E-state index is 0.310. The lowest BCUT2D eigenvalue weighted by Gasteiger charge is -2.18. The summed E-state index contributed by atoms with van der Waals surface area (Å²) in [4.78, 5) is 12.4. The van der Waals surface area contributed by atoms with Gasteiger partial charge in [-0.3, -0.25) is 9.69 Å². The molecule has 0 unspecified atom stereocenters. The molecule has 0 aromatic heterocycles. The number of carbonyl (C=O) groups is 1. The average molecular weight is 209 g/mol. The zero-order chi connectivity index (χ0) is 11.5. The molecule has 5 nitrogen and oxygen atoms in total. The lowest BCUT2D eigenvalue weighted by molar-refractivity contribution is -0.141. The third-order valence-corrected chi connectivity index (χ3v) is 1.79. The van der Waals surface area contributed by atoms with Crippen LogP contribution in [0.25, 0.3) is 0 Å². The summed E-state index contributed by atoms with van der Waals surface area (Å²) in [5.41, 5.74) is 0. The Bertz CT molecular complexity index is 247. The first kappa shape index (κ1) is 13.4. The second kappa shape index (κ2) is 8.98. The molecule has 0 fully saturated rings. The van der Waals surface area contributed by atoms with Crippen molar-refractivity contribution >= 4 is 5.97 Å². The molecule has 0 saturated carbocycles. The van der Waals surface area contributed by atoms with Crippen LogP contribution >= 0.6 is 0 Å². The fourth-order valence-corrected chi connectivity index (χ4v) is 1.07. The first-order chi connectivity index (χ1) is 7.20. The first-order valence-corrected chi connectivity index (χ1v) is 4.80. The highest BCUT2D eigenvalue weighted by molar-refractivity contribution is 5.65. The van der Waals surface area contributed by atoms with Crippen molar-refractivity contribution in [1.29, 1.82) is 10.5 Å². The fourth-order valence-electron chi connectivity index (χ4n) is 1.07. The van der Waals surface area contributed by atoms with Crippen LogP contribution in [-0.4, -0.2) is 37.1 Å². The van der Waals surface area contributed by atoms with Crippen molar-refractivity contribution in [2.45, 2.75) is 19.8 Å². The van der Waals surface area contributed by atoms with E-state index in [4.69, 9.17) is 15.3 Å². The van der Waals surface area contributed by atoms with E-state index in [-0.39, 0.29) is 5.97 Å². The third kappa shape index (κ3) is 8.73. The highest BCUT2D eigenvalue weighted by Gasteiger charge is 2.04. The molecule has 5 heteroatoms. The maximum atomic E-state index is 10.5. The van der Waals surface area contributed by atoms with Gasteiger partial charge in [0.05, 0.1) is 12.1 Å². The highest BCUT2D eigenvalue weighted by atomic mass is 16.5. The summed E-state index contributed by atoms with van der Waals surface area (Å²) in [6, 6.07) is 4.08. The number of nitriles is 2. The van der Waals surface area contributed by atoms with Crippen molar-refractivity contribution in [3.63, 3.8) is 0 Å². The topological polar surface area (TPSA) is 77.1 Å². The molecule has 0 radical (unpaired) electrons. The minimum Gasteiger partial charge on any atom is -0.465 e. The van der Waals surface area contributed by atoms with Crippen LogP contribution in [0, 0.1) is 22.7 Å². The van der Waals surface area contributed by atoms with Crippen molar-refractivity contribution < 1.29 is 9.53 Å². The van der Waals surface area contributed by atoms with Gasteiger partial charge in [-0.25, -0.2) is 0 Å². The summed E-state index contributed by atoms with van der Waals surface area (Å²) < 4.78 is 4.79. The Morgan fingerprint density at radius 1 is 1.20 bits per heavy atom. The standard InChI is InChI=1S/C10H15N3O2/c1-10(14)15-9-8-13(6-2-4-11)7-3-5-12/h2-3,6-9H2,1H3. The number of carbonyl (C=O) groups excluding carboxylic acids is 1. The van der Waals surface area contributed by atoms with Crippen LogP contribution in [-0.2, 0) is 9.53 Å². The van der Waals surface area contributed by atoms with Crippen molar-refractivity contribution in [1.82, 2.24) is 4.90 Å². The van der Waals surface area contributed by atoms with E-state index in [0.29, 0.717) is 39.1 Å². The third-order valence-electron chi connectivity index (χ3n) is 1.79. The number of hydrogen-bond donors (Lipinski definition) is 0. The maximum Gasteiger partial charge on any atom is 0.302 e. The molecule has 15 heavy (non-hydrogen) atoms. The Hall–Kier alpha value is -1.59. The van der Waals surface area contributed by atoms with Crippen LogP contribution in [0.3, 0.4) is 0 Å². The van der Waals surface area contributed by atoms with Gasteiger partial charge in [0, 0.05) is 39.4 Å². The van der Waals surface area contributed by atoms with Crippen LogP contribution < -0.4 is 0 Å². The number of nitrogens with zero attached hydrogens (tertiary/aromatic N) is 3. The molecule has 0 aromatic carbocycles. The van der Waals surface area contributed by atoms with Crippen molar-refractivity contribution in [2.24, 2.45) is 0 Å². The maximum absolute atomic E-state index is 10.5. The van der Waals surface area contributed by atoms with Gasteiger partial charge in [-0.2, -0.15) is 10.5 Å². The summed E-state index contributed by atoms with van der Waals surface area (Å²) in [6.45, 7) is 3.46. The Kier molecular flexibility index (Phi) is 8.03. The predicted molar refractivity (Wildman–Crippen MR) is 53.5 cm³/mol. The Labute approximate surface area is 89.8 Å². The van der Waals surface area contributed by atoms with Crippen molar-refractivity contribution in [2.75, 3.05) is 26.2 Å². The fraction of sp³-hybridized carbons (Fsp3) is 0.700. The van der Waals surface area contributed by atoms with Gasteiger partial charge in [-0.05, 0) is 0 Å². The van der Waals surface area contributed by atoms with Gasteiger partial charge in [-0.1, -0.05) is 0 Å². The van der Waals surface area contributed by atoms with E-state index in [9.17, 15) is 4.79 Å². The average Bonchev–Trinajstić information content (AvgIpc) is 2.20. The van der Waals surface area contributed by atoms with E-state index in [1.807, 2.05) is 17.0 Å². The SMILES string of the molecule is CC(=O)OCCN(CCC#N)CCC#N. The molecule has 0 atom stereocenters. The van der Waals surface area contributed by atoms with Gasteiger partial charge in [0.25, 0.3) is 0 Å². The van der Waals surface area contributed by atoms with Gasteiger partial charge in [0.1, 0.15) is 6.61 Å². The monoisotopic (exact) mass is 209 g/mol. The van der Waals surface area contributed by atoms with Gasteiger partial charge in [0.15, 0.2) is 0 Å². The normalized spacial score (nSPS) is 9.33. The lowest BCUT2D eigenvalue weighted by atomic mass is 10.3. The molecule has 0 aliphatic heterocycles. The van der Waals surface area contributed by atoms with E-state index in [1.54, 1.807) is 0 Å². The summed E-state index contributed by atoms with van der Waals surface area (Å²) in [5, 5.41) is 16.9. The van der Waals surface area contributed by atoms with Crippen LogP contribution in [0.1, 0.15) is 19.8 Å². The molecular formula is C10H15N3O2. The molecule has 0 spiro atoms. The molecule has 0 saturated heterocycles. The number of rotatable bonds is 7. The molecular weight excluding hydrogens is 194 g/mol. The summed E-state index contributed by atoms with van der Waals surface area (Å²) in [5.74, 6) is -0.310. The molecule has 0 amide bonds. The Balaban J connectivity index is 3.75. The van der Waals surface area contributed by atoms with Gasteiger partial charge in [0.2, 0.25) is 0 Å². The quantitative estimate of drug-likeness (QED) is 0.576. The second-order valence-corrected chi connectivity index (χ2v) is 3.00. The molecule has 0 aliphatic rings. The molecule has 0 aliphatic carbocycles. The number of esters is 1. The minimum atomic E-state index is -0.310. The van der Waals surface area contributed by atoms with E-state index in [0.717, 1.165) is 0 Å². The van der Waals surface area contributed by atoms with E-state index >= 15 is 0 Å². The first-order valence-electron chi connectivity index (χ1n) is 4.80. The molecule has 82 valence electrons. The highest BCUT2D eigenvalue weighted by Crippen LogP contribution is 1.94. The van der Waals surface area contributed by atoms with Gasteiger partial charge >= 0.3 is 5.97 Å². The second-order valence-electron chi connectivity index (χ2n) is 3.00. The molecule has 0 rings (SSSR count). The van der Waals surface area contributed by atoms with E-state index in [2.05, 4.69) is 0 Å². The zero-order valence-electron chi connectivity index (χ0n) is 8.90. The number of hydrogen-bond acceptors (Lipinski definition) is 5. The molecule has 0 N–H and O–H groups in total. The van der Waals surface area contributed by atoms with Crippen LogP contribution in [0.4, 0.5) is 0 Å². The van der Waals surface area contributed by atoms with Crippen LogP contribution in [0.5, 0.6) is 0 Å². The van der Waals surface area contributed by atoms with E-state index < -0.39 is 0 Å². The Morgan fingerprint density at radius 3 is 2.13 bits per heavy atom. The summed E-state index contributed by atoms with van der Waals surface area (Å²) in [6.07, 6.45) is 0.844. The summed E-state index contributed by atoms with van der Waals surface area (Å²) in [7, 11) is 0.